The van der Waals surface area contributed by atoms with E-state index in [9.17, 15) is 4.79 Å². The minimum atomic E-state index is -0.607. The van der Waals surface area contributed by atoms with Crippen molar-refractivity contribution in [2.24, 2.45) is 11.3 Å². The molecule has 1 unspecified atom stereocenters. The Morgan fingerprint density at radius 3 is 2.72 bits per heavy atom. The Labute approximate surface area is 125 Å². The van der Waals surface area contributed by atoms with Crippen LogP contribution in [0.4, 0.5) is 4.79 Å². The van der Waals surface area contributed by atoms with Crippen LogP contribution in [0.25, 0.3) is 0 Å². The average molecular weight is 386 g/mol. The van der Waals surface area contributed by atoms with Crippen molar-refractivity contribution in [1.82, 2.24) is 0 Å². The summed E-state index contributed by atoms with van der Waals surface area (Å²) in [7, 11) is 2.67. The fraction of sp³-hybridized carbons (Fsp3) is 0.750. The first kappa shape index (κ1) is 16.1. The molecule has 0 N–H and O–H groups in total. The summed E-state index contributed by atoms with van der Waals surface area (Å²) < 4.78 is 14.8. The molecule has 0 aliphatic heterocycles. The van der Waals surface area contributed by atoms with Crippen molar-refractivity contribution in [2.75, 3.05) is 20.3 Å². The number of ether oxygens (including phenoxy) is 2. The van der Waals surface area contributed by atoms with Crippen molar-refractivity contribution in [3.05, 3.63) is 11.1 Å². The lowest BCUT2D eigenvalue weighted by molar-refractivity contribution is 0.0228. The number of allylic oxidation sites excluding steroid dienone is 1. The first-order chi connectivity index (χ1) is 8.43. The van der Waals surface area contributed by atoms with Crippen molar-refractivity contribution in [3.8, 4) is 0 Å². The Hall–Kier alpha value is 0.0500. The molecular formula is C12H19IO4S. The van der Waals surface area contributed by atoms with Gasteiger partial charge in [-0.2, -0.15) is 0 Å². The van der Waals surface area contributed by atoms with E-state index in [1.54, 1.807) is 0 Å². The monoisotopic (exact) mass is 386 g/mol. The molecule has 0 amide bonds. The minimum absolute atomic E-state index is 0.0669. The van der Waals surface area contributed by atoms with Crippen LogP contribution in [0.15, 0.2) is 11.1 Å². The van der Waals surface area contributed by atoms with E-state index >= 15 is 0 Å². The van der Waals surface area contributed by atoms with Crippen LogP contribution in [0.1, 0.15) is 27.2 Å². The standard InChI is InChI=1S/C12H19IO4S/c1-8(6-17-18-13)10-5-9(12(10,2)3)7-16-11(14)15-4/h9H,5-7H2,1-4H3/b10-8+. The molecule has 18 heavy (non-hydrogen) atoms. The zero-order valence-corrected chi connectivity index (χ0v) is 14.1. The molecule has 0 spiro atoms. The van der Waals surface area contributed by atoms with Crippen LogP contribution in [0.2, 0.25) is 0 Å². The number of methoxy groups -OCH3 is 1. The summed E-state index contributed by atoms with van der Waals surface area (Å²) in [6, 6.07) is 0. The Morgan fingerprint density at radius 2 is 2.22 bits per heavy atom. The van der Waals surface area contributed by atoms with Crippen LogP contribution in [0.3, 0.4) is 0 Å². The highest BCUT2D eigenvalue weighted by Crippen LogP contribution is 2.52. The van der Waals surface area contributed by atoms with Gasteiger partial charge in [0.15, 0.2) is 0 Å². The van der Waals surface area contributed by atoms with Gasteiger partial charge in [-0.15, -0.1) is 0 Å². The Balaban J connectivity index is 2.52. The molecule has 0 saturated heterocycles. The van der Waals surface area contributed by atoms with Crippen LogP contribution in [0, 0.1) is 11.3 Å². The van der Waals surface area contributed by atoms with Gasteiger partial charge in [-0.3, -0.25) is 0 Å². The van der Waals surface area contributed by atoms with Gasteiger partial charge in [-0.05, 0) is 24.3 Å². The second-order valence-electron chi connectivity index (χ2n) is 4.97. The Kier molecular flexibility index (Phi) is 6.26. The van der Waals surface area contributed by atoms with Crippen LogP contribution >= 0.6 is 30.4 Å². The lowest BCUT2D eigenvalue weighted by Crippen LogP contribution is -2.42. The molecule has 1 fully saturated rings. The summed E-state index contributed by atoms with van der Waals surface area (Å²) in [5.74, 6) is 0.355. The molecule has 1 atom stereocenters. The van der Waals surface area contributed by atoms with Gasteiger partial charge >= 0.3 is 6.16 Å². The molecular weight excluding hydrogens is 367 g/mol. The van der Waals surface area contributed by atoms with Crippen LogP contribution in [-0.4, -0.2) is 26.5 Å². The normalized spacial score (nSPS) is 24.2. The molecule has 6 heteroatoms. The minimum Gasteiger partial charge on any atom is -0.438 e. The largest absolute Gasteiger partial charge is 0.507 e. The van der Waals surface area contributed by atoms with Gasteiger partial charge in [0.25, 0.3) is 0 Å². The van der Waals surface area contributed by atoms with E-state index < -0.39 is 6.16 Å². The van der Waals surface area contributed by atoms with Crippen molar-refractivity contribution in [3.63, 3.8) is 0 Å². The first-order valence-electron chi connectivity index (χ1n) is 5.73. The Morgan fingerprint density at radius 1 is 1.56 bits per heavy atom. The van der Waals surface area contributed by atoms with E-state index in [2.05, 4.69) is 46.7 Å². The predicted molar refractivity (Wildman–Crippen MR) is 80.5 cm³/mol. The number of carbonyl (C=O) groups excluding carboxylic acids is 1. The van der Waals surface area contributed by atoms with E-state index in [1.165, 1.54) is 27.5 Å². The van der Waals surface area contributed by atoms with E-state index in [0.29, 0.717) is 19.1 Å². The molecule has 1 rings (SSSR count). The lowest BCUT2D eigenvalue weighted by atomic mass is 9.58. The van der Waals surface area contributed by atoms with Crippen molar-refractivity contribution in [2.45, 2.75) is 27.2 Å². The quantitative estimate of drug-likeness (QED) is 0.308. The highest BCUT2D eigenvalue weighted by Gasteiger charge is 2.44. The van der Waals surface area contributed by atoms with Gasteiger partial charge in [0.2, 0.25) is 0 Å². The maximum atomic E-state index is 10.9. The maximum Gasteiger partial charge on any atom is 0.507 e. The zero-order chi connectivity index (χ0) is 13.8. The molecule has 0 aromatic carbocycles. The van der Waals surface area contributed by atoms with Crippen molar-refractivity contribution < 1.29 is 18.5 Å². The molecule has 4 nitrogen and oxygen atoms in total. The van der Waals surface area contributed by atoms with Gasteiger partial charge < -0.3 is 13.7 Å². The summed E-state index contributed by atoms with van der Waals surface area (Å²) in [5, 5.41) is 0. The van der Waals surface area contributed by atoms with Gasteiger partial charge in [-0.25, -0.2) is 4.79 Å². The smallest absolute Gasteiger partial charge is 0.438 e. The average Bonchev–Trinajstić information content (AvgIpc) is 2.34. The highest BCUT2D eigenvalue weighted by atomic mass is 127. The summed E-state index contributed by atoms with van der Waals surface area (Å²) in [5.41, 5.74) is 2.75. The number of rotatable bonds is 5. The molecule has 0 aromatic rings. The molecule has 0 bridgehead atoms. The predicted octanol–water partition coefficient (Wildman–Crippen LogP) is 4.15. The van der Waals surface area contributed by atoms with Crippen molar-refractivity contribution >= 4 is 36.6 Å². The second-order valence-corrected chi connectivity index (χ2v) is 6.41. The van der Waals surface area contributed by atoms with E-state index in [4.69, 9.17) is 8.92 Å². The fourth-order valence-corrected chi connectivity index (χ4v) is 2.90. The second kappa shape index (κ2) is 7.00. The summed E-state index contributed by atoms with van der Waals surface area (Å²) >= 11 is 2.11. The molecule has 0 heterocycles. The third-order valence-corrected chi connectivity index (χ3v) is 4.62. The molecule has 0 radical (unpaired) electrons. The lowest BCUT2D eigenvalue weighted by Gasteiger charge is -2.48. The topological polar surface area (TPSA) is 44.8 Å². The number of halogens is 1. The highest BCUT2D eigenvalue weighted by molar-refractivity contribution is 14.2. The Bertz CT molecular complexity index is 341. The van der Waals surface area contributed by atoms with E-state index in [1.807, 2.05) is 0 Å². The molecule has 104 valence electrons. The summed E-state index contributed by atoms with van der Waals surface area (Å²) in [6.07, 6.45) is 0.357. The molecule has 1 aliphatic rings. The third-order valence-electron chi connectivity index (χ3n) is 3.65. The zero-order valence-electron chi connectivity index (χ0n) is 11.1. The van der Waals surface area contributed by atoms with Crippen molar-refractivity contribution in [1.29, 1.82) is 0 Å². The molecule has 1 aliphatic carbocycles. The molecule has 0 aromatic heterocycles. The van der Waals surface area contributed by atoms with Gasteiger partial charge in [0.1, 0.15) is 0 Å². The number of hydrogen-bond donors (Lipinski definition) is 0. The fourth-order valence-electron chi connectivity index (χ4n) is 2.30. The van der Waals surface area contributed by atoms with Gasteiger partial charge in [0, 0.05) is 27.1 Å². The van der Waals surface area contributed by atoms with Crippen LogP contribution < -0.4 is 0 Å². The summed E-state index contributed by atoms with van der Waals surface area (Å²) in [4.78, 5) is 10.9. The van der Waals surface area contributed by atoms with Gasteiger partial charge in [0.05, 0.1) is 29.5 Å². The van der Waals surface area contributed by atoms with Crippen LogP contribution in [-0.2, 0) is 13.7 Å². The maximum absolute atomic E-state index is 10.9. The molecule has 1 saturated carbocycles. The summed E-state index contributed by atoms with van der Waals surface area (Å²) in [6.45, 7) is 7.52. The third kappa shape index (κ3) is 3.77. The van der Waals surface area contributed by atoms with Gasteiger partial charge in [-0.1, -0.05) is 19.4 Å². The van der Waals surface area contributed by atoms with Crippen LogP contribution in [0.5, 0.6) is 0 Å². The van der Waals surface area contributed by atoms with E-state index in [0.717, 1.165) is 6.42 Å². The van der Waals surface area contributed by atoms with E-state index in [-0.39, 0.29) is 5.41 Å². The number of carbonyl (C=O) groups is 1. The SMILES string of the molecule is COC(=O)OCC1C/C(=C(/C)COSI)C1(C)C. The number of hydrogen-bond acceptors (Lipinski definition) is 5. The first-order valence-corrected chi connectivity index (χ1v) is 9.02.